The summed E-state index contributed by atoms with van der Waals surface area (Å²) in [5, 5.41) is 0. The van der Waals surface area contributed by atoms with Crippen LogP contribution in [0.3, 0.4) is 0 Å². The lowest BCUT2D eigenvalue weighted by Crippen LogP contribution is -2.00. The quantitative estimate of drug-likeness (QED) is 0.547. The van der Waals surface area contributed by atoms with Gasteiger partial charge in [-0.25, -0.2) is 0 Å². The van der Waals surface area contributed by atoms with Gasteiger partial charge in [0.25, 0.3) is 0 Å². The van der Waals surface area contributed by atoms with E-state index >= 15 is 0 Å². The highest BCUT2D eigenvalue weighted by molar-refractivity contribution is 9.11. The third-order valence-corrected chi connectivity index (χ3v) is 3.22. The van der Waals surface area contributed by atoms with Gasteiger partial charge in [0.15, 0.2) is 0 Å². The molecule has 1 rings (SSSR count). The number of alkyl halides is 2. The highest BCUT2D eigenvalue weighted by Crippen LogP contribution is 2.35. The highest BCUT2D eigenvalue weighted by Gasteiger charge is 2.08. The number of benzene rings is 1. The molecule has 0 spiro atoms. The van der Waals surface area contributed by atoms with Gasteiger partial charge in [0.05, 0.1) is 22.2 Å². The molecule has 0 unspecified atom stereocenters. The Balaban J connectivity index is 2.79. The van der Waals surface area contributed by atoms with Gasteiger partial charge in [-0.05, 0) is 49.6 Å². The SMILES string of the molecule is FCCCOc1c(Br)cc(CCl)cc1Br. The van der Waals surface area contributed by atoms with Crippen molar-refractivity contribution in [2.24, 2.45) is 0 Å². The molecule has 1 aromatic rings. The van der Waals surface area contributed by atoms with Crippen LogP contribution in [0, 0.1) is 0 Å². The summed E-state index contributed by atoms with van der Waals surface area (Å²) in [6.45, 7) is 0.00290. The van der Waals surface area contributed by atoms with Gasteiger partial charge in [0, 0.05) is 12.3 Å². The molecule has 0 saturated heterocycles. The molecule has 0 bridgehead atoms. The number of halogens is 4. The molecular weight excluding hydrogens is 350 g/mol. The zero-order chi connectivity index (χ0) is 11.3. The van der Waals surface area contributed by atoms with E-state index in [9.17, 15) is 4.39 Å². The lowest BCUT2D eigenvalue weighted by atomic mass is 10.2. The van der Waals surface area contributed by atoms with E-state index in [4.69, 9.17) is 16.3 Å². The van der Waals surface area contributed by atoms with Crippen molar-refractivity contribution in [3.8, 4) is 5.75 Å². The summed E-state index contributed by atoms with van der Waals surface area (Å²) >= 11 is 12.5. The summed E-state index contributed by atoms with van der Waals surface area (Å²) < 4.78 is 19.0. The van der Waals surface area contributed by atoms with Crippen molar-refractivity contribution < 1.29 is 9.13 Å². The molecule has 0 atom stereocenters. The summed E-state index contributed by atoms with van der Waals surface area (Å²) in [7, 11) is 0. The standard InChI is InChI=1S/C10H10Br2ClFO/c11-8-4-7(6-13)5-9(12)10(8)15-3-1-2-14/h4-5H,1-3,6H2. The second-order valence-corrected chi connectivity index (χ2v) is 4.89. The summed E-state index contributed by atoms with van der Waals surface area (Å²) in [6, 6.07) is 3.78. The molecule has 0 aliphatic carbocycles. The first-order valence-corrected chi connectivity index (χ1v) is 6.53. The van der Waals surface area contributed by atoms with E-state index in [1.807, 2.05) is 12.1 Å². The van der Waals surface area contributed by atoms with Gasteiger partial charge in [0.1, 0.15) is 5.75 Å². The van der Waals surface area contributed by atoms with Gasteiger partial charge in [-0.2, -0.15) is 0 Å². The summed E-state index contributed by atoms with van der Waals surface area (Å²) in [4.78, 5) is 0. The molecule has 0 radical (unpaired) electrons. The van der Waals surface area contributed by atoms with E-state index in [1.54, 1.807) is 0 Å². The van der Waals surface area contributed by atoms with Crippen LogP contribution in [0.4, 0.5) is 4.39 Å². The smallest absolute Gasteiger partial charge is 0.147 e. The molecule has 5 heteroatoms. The molecule has 1 nitrogen and oxygen atoms in total. The topological polar surface area (TPSA) is 9.23 Å². The maximum absolute atomic E-state index is 11.9. The van der Waals surface area contributed by atoms with Crippen molar-refractivity contribution in [2.45, 2.75) is 12.3 Å². The number of ether oxygens (including phenoxy) is 1. The van der Waals surface area contributed by atoms with Crippen molar-refractivity contribution in [3.63, 3.8) is 0 Å². The largest absolute Gasteiger partial charge is 0.491 e. The average Bonchev–Trinajstić information content (AvgIpc) is 2.22. The summed E-state index contributed by atoms with van der Waals surface area (Å²) in [5.74, 6) is 1.14. The predicted octanol–water partition coefficient (Wildman–Crippen LogP) is 4.69. The van der Waals surface area contributed by atoms with Crippen LogP contribution >= 0.6 is 43.5 Å². The minimum absolute atomic E-state index is 0.366. The maximum atomic E-state index is 11.9. The molecule has 1 aromatic carbocycles. The monoisotopic (exact) mass is 358 g/mol. The Morgan fingerprint density at radius 3 is 2.33 bits per heavy atom. The van der Waals surface area contributed by atoms with E-state index in [-0.39, 0.29) is 6.67 Å². The number of rotatable bonds is 5. The maximum Gasteiger partial charge on any atom is 0.147 e. The fraction of sp³-hybridized carbons (Fsp3) is 0.400. The first-order valence-electron chi connectivity index (χ1n) is 4.41. The summed E-state index contributed by atoms with van der Waals surface area (Å²) in [5.41, 5.74) is 0.994. The van der Waals surface area contributed by atoms with Gasteiger partial charge in [-0.1, -0.05) is 0 Å². The Morgan fingerprint density at radius 2 is 1.87 bits per heavy atom. The van der Waals surface area contributed by atoms with Crippen molar-refractivity contribution in [1.29, 1.82) is 0 Å². The van der Waals surface area contributed by atoms with Crippen LogP contribution in [0.5, 0.6) is 5.75 Å². The van der Waals surface area contributed by atoms with Gasteiger partial charge in [-0.3, -0.25) is 4.39 Å². The van der Waals surface area contributed by atoms with E-state index in [0.29, 0.717) is 24.7 Å². The van der Waals surface area contributed by atoms with Crippen LogP contribution in [0.15, 0.2) is 21.1 Å². The van der Waals surface area contributed by atoms with E-state index in [0.717, 1.165) is 14.5 Å². The molecule has 84 valence electrons. The number of hydrogen-bond donors (Lipinski definition) is 0. The van der Waals surface area contributed by atoms with Gasteiger partial charge >= 0.3 is 0 Å². The van der Waals surface area contributed by atoms with Crippen LogP contribution in [0.25, 0.3) is 0 Å². The highest BCUT2D eigenvalue weighted by atomic mass is 79.9. The van der Waals surface area contributed by atoms with Crippen LogP contribution in [-0.2, 0) is 5.88 Å². The zero-order valence-electron chi connectivity index (χ0n) is 7.90. The van der Waals surface area contributed by atoms with Crippen molar-refractivity contribution in [3.05, 3.63) is 26.6 Å². The zero-order valence-corrected chi connectivity index (χ0v) is 11.8. The minimum Gasteiger partial charge on any atom is -0.491 e. The van der Waals surface area contributed by atoms with Gasteiger partial charge in [-0.15, -0.1) is 11.6 Å². The van der Waals surface area contributed by atoms with Crippen LogP contribution in [-0.4, -0.2) is 13.3 Å². The normalized spacial score (nSPS) is 10.4. The summed E-state index contributed by atoms with van der Waals surface area (Å²) in [6.07, 6.45) is 0.399. The molecule has 0 heterocycles. The van der Waals surface area contributed by atoms with E-state index < -0.39 is 0 Å². The van der Waals surface area contributed by atoms with Crippen LogP contribution < -0.4 is 4.74 Å². The Bertz CT molecular complexity index is 310. The van der Waals surface area contributed by atoms with E-state index in [1.165, 1.54) is 0 Å². The Morgan fingerprint density at radius 1 is 1.27 bits per heavy atom. The molecule has 0 aliphatic rings. The van der Waals surface area contributed by atoms with Gasteiger partial charge < -0.3 is 4.74 Å². The first kappa shape index (κ1) is 13.3. The second-order valence-electron chi connectivity index (χ2n) is 2.91. The molecule has 0 aliphatic heterocycles. The van der Waals surface area contributed by atoms with Crippen LogP contribution in [0.2, 0.25) is 0 Å². The van der Waals surface area contributed by atoms with Crippen LogP contribution in [0.1, 0.15) is 12.0 Å². The van der Waals surface area contributed by atoms with E-state index in [2.05, 4.69) is 31.9 Å². The molecule has 0 aromatic heterocycles. The molecule has 0 fully saturated rings. The Labute approximate surface area is 110 Å². The Kier molecular flexibility index (Phi) is 5.94. The molecule has 0 N–H and O–H groups in total. The minimum atomic E-state index is -0.366. The lowest BCUT2D eigenvalue weighted by molar-refractivity contribution is 0.286. The fourth-order valence-electron chi connectivity index (χ4n) is 1.06. The predicted molar refractivity (Wildman–Crippen MR) is 67.5 cm³/mol. The average molecular weight is 360 g/mol. The molecule has 0 saturated carbocycles. The fourth-order valence-corrected chi connectivity index (χ4v) is 2.72. The molecular formula is C10H10Br2ClFO. The van der Waals surface area contributed by atoms with Crippen molar-refractivity contribution in [2.75, 3.05) is 13.3 Å². The molecule has 0 amide bonds. The third-order valence-electron chi connectivity index (χ3n) is 1.74. The second kappa shape index (κ2) is 6.71. The Hall–Kier alpha value is 0.200. The third kappa shape index (κ3) is 3.93. The number of hydrogen-bond acceptors (Lipinski definition) is 1. The van der Waals surface area contributed by atoms with Crippen molar-refractivity contribution >= 4 is 43.5 Å². The first-order chi connectivity index (χ1) is 7.19. The van der Waals surface area contributed by atoms with Crippen molar-refractivity contribution in [1.82, 2.24) is 0 Å². The van der Waals surface area contributed by atoms with Gasteiger partial charge in [0.2, 0.25) is 0 Å². The lowest BCUT2D eigenvalue weighted by Gasteiger charge is -2.10. The molecule has 15 heavy (non-hydrogen) atoms.